The lowest BCUT2D eigenvalue weighted by Crippen LogP contribution is -2.13. The van der Waals surface area contributed by atoms with Gasteiger partial charge in [0.2, 0.25) is 0 Å². The van der Waals surface area contributed by atoms with E-state index in [1.165, 1.54) is 6.33 Å². The molecule has 0 fully saturated rings. The highest BCUT2D eigenvalue weighted by molar-refractivity contribution is 5.98. The van der Waals surface area contributed by atoms with Crippen molar-refractivity contribution in [1.82, 2.24) is 19.9 Å². The topological polar surface area (TPSA) is 137 Å². The first-order valence-corrected chi connectivity index (χ1v) is 9.14. The van der Waals surface area contributed by atoms with Gasteiger partial charge in [0.25, 0.3) is 0 Å². The van der Waals surface area contributed by atoms with Crippen molar-refractivity contribution < 1.29 is 0 Å². The Morgan fingerprint density at radius 1 is 1.00 bits per heavy atom. The first-order valence-electron chi connectivity index (χ1n) is 9.14. The van der Waals surface area contributed by atoms with Gasteiger partial charge in [-0.3, -0.25) is 9.97 Å². The maximum Gasteiger partial charge on any atom is 0.150 e. The summed E-state index contributed by atoms with van der Waals surface area (Å²) in [5, 5.41) is 22.9. The standard InChI is InChI=1S/C22H16N8/c1-13(30-22-16(10-24)21(25)28-12-29-22)17-11-27-20-14(9-23)5-4-6-15(20)19(17)18-7-2-3-8-26-18/h2-8,11-13H,1H3,(H3,25,28,29,30). The molecule has 0 saturated heterocycles. The van der Waals surface area contributed by atoms with Crippen LogP contribution < -0.4 is 11.1 Å². The van der Waals surface area contributed by atoms with Crippen molar-refractivity contribution in [3.05, 3.63) is 71.8 Å². The molecule has 144 valence electrons. The Morgan fingerprint density at radius 2 is 1.87 bits per heavy atom. The SMILES string of the molecule is CC(Nc1ncnc(N)c1C#N)c1cnc2c(C#N)cccc2c1-c1ccccn1. The number of rotatable bonds is 4. The number of nitrogens with zero attached hydrogens (tertiary/aromatic N) is 6. The molecule has 30 heavy (non-hydrogen) atoms. The van der Waals surface area contributed by atoms with Crippen LogP contribution in [0, 0.1) is 22.7 Å². The van der Waals surface area contributed by atoms with Crippen LogP contribution in [0.5, 0.6) is 0 Å². The molecule has 3 aromatic heterocycles. The molecule has 1 aromatic carbocycles. The number of nitrogens with two attached hydrogens (primary N) is 1. The number of nitrogens with one attached hydrogen (secondary N) is 1. The van der Waals surface area contributed by atoms with Crippen LogP contribution in [0.15, 0.2) is 55.1 Å². The number of nitriles is 2. The van der Waals surface area contributed by atoms with Gasteiger partial charge < -0.3 is 11.1 Å². The zero-order valence-electron chi connectivity index (χ0n) is 16.0. The number of fused-ring (bicyclic) bond motifs is 1. The minimum atomic E-state index is -0.286. The summed E-state index contributed by atoms with van der Waals surface area (Å²) in [5.41, 5.74) is 9.56. The Hall–Kier alpha value is -4.56. The third kappa shape index (κ3) is 3.23. The molecule has 0 aliphatic carbocycles. The molecule has 3 N–H and O–H groups in total. The Bertz CT molecular complexity index is 1320. The van der Waals surface area contributed by atoms with Crippen LogP contribution in [-0.4, -0.2) is 19.9 Å². The van der Waals surface area contributed by atoms with E-state index >= 15 is 0 Å². The van der Waals surface area contributed by atoms with Crippen LogP contribution in [0.1, 0.15) is 29.7 Å². The lowest BCUT2D eigenvalue weighted by atomic mass is 9.95. The highest BCUT2D eigenvalue weighted by atomic mass is 15.1. The fraction of sp³-hybridized carbons (Fsp3) is 0.0909. The van der Waals surface area contributed by atoms with Crippen LogP contribution in [0.4, 0.5) is 11.6 Å². The summed E-state index contributed by atoms with van der Waals surface area (Å²) < 4.78 is 0. The van der Waals surface area contributed by atoms with Crippen molar-refractivity contribution in [2.45, 2.75) is 13.0 Å². The van der Waals surface area contributed by atoms with E-state index in [2.05, 4.69) is 31.3 Å². The largest absolute Gasteiger partial charge is 0.382 e. The molecule has 0 aliphatic rings. The highest BCUT2D eigenvalue weighted by Gasteiger charge is 2.20. The molecular formula is C22H16N8. The average molecular weight is 392 g/mol. The fourth-order valence-corrected chi connectivity index (χ4v) is 3.36. The number of benzene rings is 1. The van der Waals surface area contributed by atoms with Crippen LogP contribution in [0.2, 0.25) is 0 Å². The second-order valence-electron chi connectivity index (χ2n) is 6.58. The van der Waals surface area contributed by atoms with E-state index < -0.39 is 0 Å². The molecule has 8 nitrogen and oxygen atoms in total. The molecule has 0 saturated carbocycles. The van der Waals surface area contributed by atoms with Crippen molar-refractivity contribution in [3.63, 3.8) is 0 Å². The molecule has 4 aromatic rings. The van der Waals surface area contributed by atoms with Crippen LogP contribution in [-0.2, 0) is 0 Å². The van der Waals surface area contributed by atoms with Crippen molar-refractivity contribution in [2.75, 3.05) is 11.1 Å². The second kappa shape index (κ2) is 7.82. The van der Waals surface area contributed by atoms with E-state index in [9.17, 15) is 10.5 Å². The Morgan fingerprint density at radius 3 is 2.60 bits per heavy atom. The van der Waals surface area contributed by atoms with Gasteiger partial charge in [-0.05, 0) is 25.1 Å². The van der Waals surface area contributed by atoms with Gasteiger partial charge in [0.05, 0.1) is 22.8 Å². The lowest BCUT2D eigenvalue weighted by molar-refractivity contribution is 0.867. The highest BCUT2D eigenvalue weighted by Crippen LogP contribution is 2.35. The molecule has 0 aliphatic heterocycles. The first-order chi connectivity index (χ1) is 14.6. The third-order valence-electron chi connectivity index (χ3n) is 4.78. The fourth-order valence-electron chi connectivity index (χ4n) is 3.36. The molecule has 0 bridgehead atoms. The zero-order chi connectivity index (χ0) is 21.1. The van der Waals surface area contributed by atoms with Crippen molar-refractivity contribution in [1.29, 1.82) is 10.5 Å². The minimum Gasteiger partial charge on any atom is -0.382 e. The van der Waals surface area contributed by atoms with Crippen LogP contribution in [0.25, 0.3) is 22.2 Å². The lowest BCUT2D eigenvalue weighted by Gasteiger charge is -2.20. The molecule has 4 rings (SSSR count). The monoisotopic (exact) mass is 392 g/mol. The predicted molar refractivity (Wildman–Crippen MR) is 113 cm³/mol. The van der Waals surface area contributed by atoms with Gasteiger partial charge >= 0.3 is 0 Å². The molecule has 1 unspecified atom stereocenters. The second-order valence-corrected chi connectivity index (χ2v) is 6.58. The molecule has 0 amide bonds. The number of nitrogen functional groups attached to an aromatic ring is 1. The predicted octanol–water partition coefficient (Wildman–Crippen LogP) is 3.59. The summed E-state index contributed by atoms with van der Waals surface area (Å²) in [6.45, 7) is 1.93. The molecule has 1 atom stereocenters. The van der Waals surface area contributed by atoms with Crippen molar-refractivity contribution in [3.8, 4) is 23.4 Å². The Labute approximate surface area is 172 Å². The first kappa shape index (κ1) is 18.8. The van der Waals surface area contributed by atoms with Gasteiger partial charge in [0.1, 0.15) is 35.7 Å². The van der Waals surface area contributed by atoms with Gasteiger partial charge in [-0.1, -0.05) is 18.2 Å². The average Bonchev–Trinajstić information content (AvgIpc) is 2.78. The number of hydrogen-bond donors (Lipinski definition) is 2. The van der Waals surface area contributed by atoms with Gasteiger partial charge in [0.15, 0.2) is 0 Å². The van der Waals surface area contributed by atoms with Crippen molar-refractivity contribution >= 4 is 22.5 Å². The number of hydrogen-bond acceptors (Lipinski definition) is 8. The Kier molecular flexibility index (Phi) is 4.90. The summed E-state index contributed by atoms with van der Waals surface area (Å²) >= 11 is 0. The zero-order valence-corrected chi connectivity index (χ0v) is 16.0. The van der Waals surface area contributed by atoms with E-state index in [1.807, 2.05) is 43.3 Å². The Balaban J connectivity index is 1.90. The molecule has 8 heteroatoms. The smallest absolute Gasteiger partial charge is 0.150 e. The van der Waals surface area contributed by atoms with Crippen molar-refractivity contribution in [2.24, 2.45) is 0 Å². The van der Waals surface area contributed by atoms with Gasteiger partial charge in [0, 0.05) is 28.9 Å². The quantitative estimate of drug-likeness (QED) is 0.537. The van der Waals surface area contributed by atoms with Crippen LogP contribution in [0.3, 0.4) is 0 Å². The van der Waals surface area contributed by atoms with Gasteiger partial charge in [-0.15, -0.1) is 0 Å². The number of aromatic nitrogens is 4. The number of para-hydroxylation sites is 1. The summed E-state index contributed by atoms with van der Waals surface area (Å²) in [6.07, 6.45) is 4.75. The maximum atomic E-state index is 9.48. The minimum absolute atomic E-state index is 0.113. The van der Waals surface area contributed by atoms with E-state index in [0.717, 1.165) is 22.2 Å². The van der Waals surface area contributed by atoms with Crippen LogP contribution >= 0.6 is 0 Å². The summed E-state index contributed by atoms with van der Waals surface area (Å²) in [4.78, 5) is 17.1. The van der Waals surface area contributed by atoms with Gasteiger partial charge in [-0.2, -0.15) is 10.5 Å². The number of pyridine rings is 2. The molecule has 0 radical (unpaired) electrons. The van der Waals surface area contributed by atoms with E-state index in [-0.39, 0.29) is 17.4 Å². The van der Waals surface area contributed by atoms with E-state index in [1.54, 1.807) is 18.5 Å². The normalized spacial score (nSPS) is 11.4. The van der Waals surface area contributed by atoms with E-state index in [0.29, 0.717) is 16.9 Å². The molecule has 3 heterocycles. The molecular weight excluding hydrogens is 376 g/mol. The van der Waals surface area contributed by atoms with E-state index in [4.69, 9.17) is 5.73 Å². The summed E-state index contributed by atoms with van der Waals surface area (Å²) in [6, 6.07) is 15.1. The summed E-state index contributed by atoms with van der Waals surface area (Å²) in [7, 11) is 0. The molecule has 0 spiro atoms. The number of anilines is 2. The maximum absolute atomic E-state index is 9.48. The summed E-state index contributed by atoms with van der Waals surface area (Å²) in [5.74, 6) is 0.456. The third-order valence-corrected chi connectivity index (χ3v) is 4.78. The van der Waals surface area contributed by atoms with Gasteiger partial charge in [-0.25, -0.2) is 9.97 Å².